The predicted octanol–water partition coefficient (Wildman–Crippen LogP) is 3.92. The van der Waals surface area contributed by atoms with Gasteiger partial charge in [-0.25, -0.2) is 4.79 Å². The van der Waals surface area contributed by atoms with Crippen molar-refractivity contribution in [3.63, 3.8) is 0 Å². The maximum Gasteiger partial charge on any atom is 0.407 e. The molecule has 1 N–H and O–H groups in total. The van der Waals surface area contributed by atoms with E-state index >= 15 is 0 Å². The largest absolute Gasteiger partial charge is 0.465 e. The molecule has 0 spiro atoms. The van der Waals surface area contributed by atoms with E-state index < -0.39 is 6.09 Å². The molecule has 1 amide bonds. The number of hydrogen-bond donors (Lipinski definition) is 1. The minimum Gasteiger partial charge on any atom is -0.465 e. The van der Waals surface area contributed by atoms with Crippen molar-refractivity contribution in [3.8, 4) is 0 Å². The third-order valence-corrected chi connectivity index (χ3v) is 3.97. The van der Waals surface area contributed by atoms with Gasteiger partial charge < -0.3 is 10.0 Å². The summed E-state index contributed by atoms with van der Waals surface area (Å²) in [5.41, 5.74) is 3.75. The van der Waals surface area contributed by atoms with Gasteiger partial charge in [0.1, 0.15) is 0 Å². The number of hydrogen-bond acceptors (Lipinski definition) is 1. The van der Waals surface area contributed by atoms with Gasteiger partial charge in [-0.3, -0.25) is 0 Å². The number of nitrogens with zero attached hydrogens (tertiary/aromatic N) is 1. The van der Waals surface area contributed by atoms with Crippen LogP contribution in [0, 0.1) is 6.92 Å². The molecule has 1 aliphatic rings. The van der Waals surface area contributed by atoms with Crippen LogP contribution < -0.4 is 0 Å². The first-order chi connectivity index (χ1) is 9.66. The van der Waals surface area contributed by atoms with Crippen LogP contribution in [0.3, 0.4) is 0 Å². The van der Waals surface area contributed by atoms with Crippen molar-refractivity contribution >= 4 is 22.4 Å². The van der Waals surface area contributed by atoms with E-state index in [1.165, 1.54) is 32.4 Å². The van der Waals surface area contributed by atoms with Gasteiger partial charge in [0.25, 0.3) is 0 Å². The molecule has 0 radical (unpaired) electrons. The molecular formula is C17H17NO2. The van der Waals surface area contributed by atoms with Crippen LogP contribution in [-0.2, 0) is 0 Å². The SMILES string of the molecule is Cc1ccc(C2=CCN(C(=O)O)CC2)c2ccccc12. The molecule has 2 aromatic carbocycles. The highest BCUT2D eigenvalue weighted by molar-refractivity contribution is 5.96. The zero-order chi connectivity index (χ0) is 14.1. The van der Waals surface area contributed by atoms with Gasteiger partial charge in [-0.2, -0.15) is 0 Å². The highest BCUT2D eigenvalue weighted by atomic mass is 16.4. The summed E-state index contributed by atoms with van der Waals surface area (Å²) in [5.74, 6) is 0. The molecular weight excluding hydrogens is 250 g/mol. The Hall–Kier alpha value is -2.29. The van der Waals surface area contributed by atoms with Crippen LogP contribution >= 0.6 is 0 Å². The van der Waals surface area contributed by atoms with Gasteiger partial charge in [-0.15, -0.1) is 0 Å². The highest BCUT2D eigenvalue weighted by Gasteiger charge is 2.17. The molecule has 0 atom stereocenters. The van der Waals surface area contributed by atoms with Gasteiger partial charge in [0.05, 0.1) is 0 Å². The van der Waals surface area contributed by atoms with Crippen LogP contribution in [0.15, 0.2) is 42.5 Å². The van der Waals surface area contributed by atoms with Gasteiger partial charge in [-0.1, -0.05) is 42.5 Å². The lowest BCUT2D eigenvalue weighted by Gasteiger charge is -2.24. The summed E-state index contributed by atoms with van der Waals surface area (Å²) in [6.07, 6.45) is 1.97. The van der Waals surface area contributed by atoms with Gasteiger partial charge in [-0.05, 0) is 40.8 Å². The second-order valence-corrected chi connectivity index (χ2v) is 5.18. The van der Waals surface area contributed by atoms with Gasteiger partial charge in [0, 0.05) is 13.1 Å². The number of rotatable bonds is 1. The summed E-state index contributed by atoms with van der Waals surface area (Å²) in [7, 11) is 0. The molecule has 0 fully saturated rings. The quantitative estimate of drug-likeness (QED) is 0.850. The Kier molecular flexibility index (Phi) is 3.18. The summed E-state index contributed by atoms with van der Waals surface area (Å²) in [4.78, 5) is 12.4. The smallest absolute Gasteiger partial charge is 0.407 e. The zero-order valence-electron chi connectivity index (χ0n) is 11.5. The maximum absolute atomic E-state index is 11.0. The Morgan fingerprint density at radius 2 is 1.90 bits per heavy atom. The summed E-state index contributed by atoms with van der Waals surface area (Å²) >= 11 is 0. The van der Waals surface area contributed by atoms with Crippen LogP contribution in [0.1, 0.15) is 17.5 Å². The van der Waals surface area contributed by atoms with Gasteiger partial charge in [0.15, 0.2) is 0 Å². The van der Waals surface area contributed by atoms with Gasteiger partial charge >= 0.3 is 6.09 Å². The van der Waals surface area contributed by atoms with Crippen molar-refractivity contribution < 1.29 is 9.90 Å². The van der Waals surface area contributed by atoms with E-state index in [1.807, 2.05) is 6.08 Å². The fourth-order valence-electron chi connectivity index (χ4n) is 2.82. The summed E-state index contributed by atoms with van der Waals surface area (Å²) < 4.78 is 0. The highest BCUT2D eigenvalue weighted by Crippen LogP contribution is 2.30. The van der Waals surface area contributed by atoms with E-state index in [2.05, 4.69) is 43.3 Å². The molecule has 0 aromatic heterocycles. The first-order valence-corrected chi connectivity index (χ1v) is 6.82. The Labute approximate surface area is 118 Å². The van der Waals surface area contributed by atoms with Crippen LogP contribution in [0.4, 0.5) is 4.79 Å². The molecule has 3 nitrogen and oxygen atoms in total. The lowest BCUT2D eigenvalue weighted by Crippen LogP contribution is -2.33. The molecule has 0 unspecified atom stereocenters. The first-order valence-electron chi connectivity index (χ1n) is 6.82. The third-order valence-electron chi connectivity index (χ3n) is 3.97. The van der Waals surface area contributed by atoms with Crippen LogP contribution in [-0.4, -0.2) is 29.2 Å². The van der Waals surface area contributed by atoms with Crippen molar-refractivity contribution in [1.29, 1.82) is 0 Å². The number of aryl methyl sites for hydroxylation is 1. The van der Waals surface area contributed by atoms with Crippen molar-refractivity contribution in [2.45, 2.75) is 13.3 Å². The van der Waals surface area contributed by atoms with Crippen molar-refractivity contribution in [1.82, 2.24) is 4.90 Å². The molecule has 0 saturated carbocycles. The van der Waals surface area contributed by atoms with E-state index in [-0.39, 0.29) is 0 Å². The molecule has 3 rings (SSSR count). The number of benzene rings is 2. The van der Waals surface area contributed by atoms with Gasteiger partial charge in [0.2, 0.25) is 0 Å². The molecule has 3 heteroatoms. The van der Waals surface area contributed by atoms with Crippen LogP contribution in [0.2, 0.25) is 0 Å². The fraction of sp³-hybridized carbons (Fsp3) is 0.235. The van der Waals surface area contributed by atoms with E-state index in [4.69, 9.17) is 5.11 Å². The lowest BCUT2D eigenvalue weighted by atomic mass is 9.92. The number of amides is 1. The Balaban J connectivity index is 2.04. The number of carboxylic acid groups (broad SMARTS) is 1. The Morgan fingerprint density at radius 3 is 2.55 bits per heavy atom. The normalized spacial score (nSPS) is 15.2. The average Bonchev–Trinajstić information content (AvgIpc) is 2.48. The number of fused-ring (bicyclic) bond motifs is 1. The molecule has 1 aliphatic heterocycles. The maximum atomic E-state index is 11.0. The standard InChI is InChI=1S/C17H17NO2/c1-12-6-7-15(16-5-3-2-4-14(12)16)13-8-10-18(11-9-13)17(19)20/h2-8H,9-11H2,1H3,(H,19,20). The minimum absolute atomic E-state index is 0.479. The van der Waals surface area contributed by atoms with Crippen molar-refractivity contribution in [3.05, 3.63) is 53.6 Å². The molecule has 20 heavy (non-hydrogen) atoms. The molecule has 1 heterocycles. The third kappa shape index (κ3) is 2.16. The summed E-state index contributed by atoms with van der Waals surface area (Å²) in [6.45, 7) is 3.17. The first kappa shape index (κ1) is 12.7. The second-order valence-electron chi connectivity index (χ2n) is 5.18. The van der Waals surface area contributed by atoms with E-state index in [1.54, 1.807) is 0 Å². The zero-order valence-corrected chi connectivity index (χ0v) is 11.5. The summed E-state index contributed by atoms with van der Waals surface area (Å²) in [5, 5.41) is 11.5. The predicted molar refractivity (Wildman–Crippen MR) is 80.9 cm³/mol. The van der Waals surface area contributed by atoms with Crippen LogP contribution in [0.25, 0.3) is 16.3 Å². The monoisotopic (exact) mass is 267 g/mol. The molecule has 0 bridgehead atoms. The van der Waals surface area contributed by atoms with Crippen LogP contribution in [0.5, 0.6) is 0 Å². The molecule has 102 valence electrons. The lowest BCUT2D eigenvalue weighted by molar-refractivity contribution is 0.150. The summed E-state index contributed by atoms with van der Waals surface area (Å²) in [6, 6.07) is 12.7. The van der Waals surface area contributed by atoms with Crippen molar-refractivity contribution in [2.75, 3.05) is 13.1 Å². The minimum atomic E-state index is -0.839. The average molecular weight is 267 g/mol. The van der Waals surface area contributed by atoms with E-state index in [9.17, 15) is 4.79 Å². The van der Waals surface area contributed by atoms with E-state index in [0.29, 0.717) is 13.1 Å². The second kappa shape index (κ2) is 5.00. The topological polar surface area (TPSA) is 40.5 Å². The number of carbonyl (C=O) groups is 1. The van der Waals surface area contributed by atoms with E-state index in [0.717, 1.165) is 6.42 Å². The molecule has 0 aliphatic carbocycles. The molecule has 0 saturated heterocycles. The van der Waals surface area contributed by atoms with Crippen molar-refractivity contribution in [2.24, 2.45) is 0 Å². The molecule has 2 aromatic rings. The Bertz CT molecular complexity index is 703. The fourth-order valence-corrected chi connectivity index (χ4v) is 2.82. The Morgan fingerprint density at radius 1 is 1.15 bits per heavy atom.